The summed E-state index contributed by atoms with van der Waals surface area (Å²) in [5.74, 6) is 1.69. The van der Waals surface area contributed by atoms with Crippen molar-refractivity contribution < 1.29 is 4.79 Å². The van der Waals surface area contributed by atoms with E-state index < -0.39 is 0 Å². The first kappa shape index (κ1) is 15.7. The molecule has 0 radical (unpaired) electrons. The summed E-state index contributed by atoms with van der Waals surface area (Å²) in [4.78, 5) is 13.1. The van der Waals surface area contributed by atoms with Gasteiger partial charge < -0.3 is 10.6 Å². The quantitative estimate of drug-likeness (QED) is 0.785. The van der Waals surface area contributed by atoms with E-state index in [1.165, 1.54) is 6.42 Å². The summed E-state index contributed by atoms with van der Waals surface area (Å²) >= 11 is 7.72. The van der Waals surface area contributed by atoms with Gasteiger partial charge in [-0.1, -0.05) is 18.5 Å². The van der Waals surface area contributed by atoms with Crippen LogP contribution in [-0.2, 0) is 4.79 Å². The number of hydrogen-bond donors (Lipinski definition) is 2. The number of anilines is 1. The van der Waals surface area contributed by atoms with E-state index in [-0.39, 0.29) is 5.91 Å². The lowest BCUT2D eigenvalue weighted by atomic mass is 10.0. The van der Waals surface area contributed by atoms with Gasteiger partial charge in [0.15, 0.2) is 0 Å². The molecular weight excluding hydrogens is 292 g/mol. The van der Waals surface area contributed by atoms with Gasteiger partial charge in [0.1, 0.15) is 0 Å². The first-order valence-electron chi connectivity index (χ1n) is 7.12. The van der Waals surface area contributed by atoms with Gasteiger partial charge in [-0.2, -0.15) is 0 Å². The van der Waals surface area contributed by atoms with Crippen LogP contribution in [0.5, 0.6) is 0 Å². The minimum absolute atomic E-state index is 0.0807. The molecule has 0 aliphatic carbocycles. The van der Waals surface area contributed by atoms with Crippen molar-refractivity contribution in [2.24, 2.45) is 5.92 Å². The second kappa shape index (κ2) is 7.91. The van der Waals surface area contributed by atoms with Gasteiger partial charge in [0.25, 0.3) is 0 Å². The van der Waals surface area contributed by atoms with Crippen molar-refractivity contribution in [1.29, 1.82) is 0 Å². The molecule has 1 aromatic carbocycles. The lowest BCUT2D eigenvalue weighted by Crippen LogP contribution is -2.15. The lowest BCUT2D eigenvalue weighted by Gasteiger charge is -2.12. The summed E-state index contributed by atoms with van der Waals surface area (Å²) in [6.45, 7) is 4.22. The van der Waals surface area contributed by atoms with E-state index in [0.29, 0.717) is 17.4 Å². The number of rotatable bonds is 6. The first-order valence-corrected chi connectivity index (χ1v) is 8.48. The maximum atomic E-state index is 12.1. The molecule has 0 spiro atoms. The Morgan fingerprint density at radius 1 is 1.55 bits per heavy atom. The summed E-state index contributed by atoms with van der Waals surface area (Å²) < 4.78 is 0. The van der Waals surface area contributed by atoms with E-state index in [1.54, 1.807) is 11.8 Å². The number of amides is 1. The molecule has 5 heteroatoms. The molecular formula is C15H21ClN2OS. The van der Waals surface area contributed by atoms with Crippen LogP contribution in [0.4, 0.5) is 5.69 Å². The Morgan fingerprint density at radius 3 is 3.10 bits per heavy atom. The van der Waals surface area contributed by atoms with E-state index in [0.717, 1.165) is 35.8 Å². The predicted octanol–water partition coefficient (Wildman–Crippen LogP) is 3.78. The van der Waals surface area contributed by atoms with Crippen molar-refractivity contribution in [3.63, 3.8) is 0 Å². The van der Waals surface area contributed by atoms with Crippen LogP contribution in [0, 0.1) is 5.92 Å². The number of thioether (sulfide) groups is 1. The van der Waals surface area contributed by atoms with Gasteiger partial charge in [-0.25, -0.2) is 0 Å². The highest BCUT2D eigenvalue weighted by Crippen LogP contribution is 2.30. The monoisotopic (exact) mass is 312 g/mol. The van der Waals surface area contributed by atoms with Gasteiger partial charge >= 0.3 is 0 Å². The van der Waals surface area contributed by atoms with E-state index >= 15 is 0 Å². The van der Waals surface area contributed by atoms with Gasteiger partial charge in [-0.05, 0) is 55.8 Å². The average Bonchev–Trinajstić information content (AvgIpc) is 2.93. The molecule has 2 rings (SSSR count). The van der Waals surface area contributed by atoms with Gasteiger partial charge in [-0.3, -0.25) is 4.79 Å². The van der Waals surface area contributed by atoms with Crippen LogP contribution < -0.4 is 10.6 Å². The first-order chi connectivity index (χ1) is 9.69. The van der Waals surface area contributed by atoms with Crippen molar-refractivity contribution in [2.75, 3.05) is 24.2 Å². The minimum Gasteiger partial charge on any atom is -0.325 e. The normalized spacial score (nSPS) is 18.2. The largest absolute Gasteiger partial charge is 0.325 e. The predicted molar refractivity (Wildman–Crippen MR) is 86.7 cm³/mol. The Morgan fingerprint density at radius 2 is 2.40 bits per heavy atom. The van der Waals surface area contributed by atoms with Crippen molar-refractivity contribution in [1.82, 2.24) is 5.32 Å². The Labute approximate surface area is 129 Å². The zero-order valence-corrected chi connectivity index (χ0v) is 13.3. The smallest absolute Gasteiger partial charge is 0.224 e. The Balaban J connectivity index is 1.90. The molecule has 2 N–H and O–H groups in total. The minimum atomic E-state index is 0.0807. The molecule has 0 aromatic heterocycles. The van der Waals surface area contributed by atoms with E-state index in [4.69, 9.17) is 11.6 Å². The summed E-state index contributed by atoms with van der Waals surface area (Å²) in [5, 5.41) is 6.98. The molecule has 0 bridgehead atoms. The Bertz CT molecular complexity index is 461. The highest BCUT2D eigenvalue weighted by Gasteiger charge is 2.16. The molecule has 1 saturated heterocycles. The fraction of sp³-hybridized carbons (Fsp3) is 0.533. The van der Waals surface area contributed by atoms with E-state index in [9.17, 15) is 4.79 Å². The van der Waals surface area contributed by atoms with Gasteiger partial charge in [0.05, 0.1) is 5.69 Å². The summed E-state index contributed by atoms with van der Waals surface area (Å²) in [6, 6.07) is 5.65. The van der Waals surface area contributed by atoms with Gasteiger partial charge in [-0.15, -0.1) is 11.8 Å². The van der Waals surface area contributed by atoms with Crippen LogP contribution in [0.15, 0.2) is 23.1 Å². The van der Waals surface area contributed by atoms with Crippen molar-refractivity contribution in [3.05, 3.63) is 23.2 Å². The van der Waals surface area contributed by atoms with E-state index in [2.05, 4.69) is 17.6 Å². The number of halogens is 1. The molecule has 1 heterocycles. The number of benzene rings is 1. The third-order valence-corrected chi connectivity index (χ3v) is 4.65. The summed E-state index contributed by atoms with van der Waals surface area (Å²) in [7, 11) is 0. The third-order valence-electron chi connectivity index (χ3n) is 3.46. The van der Waals surface area contributed by atoms with Crippen LogP contribution in [0.2, 0.25) is 5.02 Å². The highest BCUT2D eigenvalue weighted by atomic mass is 35.5. The number of carbonyl (C=O) groups is 1. The molecule has 1 aromatic rings. The summed E-state index contributed by atoms with van der Waals surface area (Å²) in [6.07, 6.45) is 2.71. The molecule has 1 unspecified atom stereocenters. The Hall–Kier alpha value is -0.710. The van der Waals surface area contributed by atoms with Crippen LogP contribution in [0.3, 0.4) is 0 Å². The molecule has 20 heavy (non-hydrogen) atoms. The molecule has 1 fully saturated rings. The number of carbonyl (C=O) groups excluding carboxylic acids is 1. The molecule has 1 aliphatic heterocycles. The molecule has 110 valence electrons. The molecule has 1 amide bonds. The zero-order valence-electron chi connectivity index (χ0n) is 11.7. The highest BCUT2D eigenvalue weighted by molar-refractivity contribution is 7.99. The number of nitrogens with one attached hydrogen (secondary N) is 2. The van der Waals surface area contributed by atoms with Crippen molar-refractivity contribution in [3.8, 4) is 0 Å². The van der Waals surface area contributed by atoms with Crippen LogP contribution in [0.25, 0.3) is 0 Å². The zero-order chi connectivity index (χ0) is 14.4. The second-order valence-corrected chi connectivity index (χ2v) is 6.76. The molecule has 1 atom stereocenters. The maximum absolute atomic E-state index is 12.1. The fourth-order valence-corrected chi connectivity index (χ4v) is 3.30. The average molecular weight is 313 g/mol. The van der Waals surface area contributed by atoms with Crippen molar-refractivity contribution >= 4 is 35.0 Å². The van der Waals surface area contributed by atoms with E-state index in [1.807, 2.05) is 18.2 Å². The van der Waals surface area contributed by atoms with Gasteiger partial charge in [0, 0.05) is 16.3 Å². The summed E-state index contributed by atoms with van der Waals surface area (Å²) in [5.41, 5.74) is 0.832. The second-order valence-electron chi connectivity index (χ2n) is 5.02. The molecule has 3 nitrogen and oxygen atoms in total. The maximum Gasteiger partial charge on any atom is 0.224 e. The third kappa shape index (κ3) is 4.69. The SMILES string of the molecule is CCSc1ccc(Cl)cc1NC(=O)CCC1CCNC1. The van der Waals surface area contributed by atoms with Gasteiger partial charge in [0.2, 0.25) is 5.91 Å². The van der Waals surface area contributed by atoms with Crippen LogP contribution >= 0.6 is 23.4 Å². The molecule has 0 saturated carbocycles. The van der Waals surface area contributed by atoms with Crippen molar-refractivity contribution in [2.45, 2.75) is 31.1 Å². The topological polar surface area (TPSA) is 41.1 Å². The fourth-order valence-electron chi connectivity index (χ4n) is 2.39. The Kier molecular flexibility index (Phi) is 6.20. The van der Waals surface area contributed by atoms with Crippen LogP contribution in [0.1, 0.15) is 26.2 Å². The lowest BCUT2D eigenvalue weighted by molar-refractivity contribution is -0.116. The standard InChI is InChI=1S/C15H21ClN2OS/c1-2-20-14-5-4-12(16)9-13(14)18-15(19)6-3-11-7-8-17-10-11/h4-5,9,11,17H,2-3,6-8,10H2,1H3,(H,18,19). The van der Waals surface area contributed by atoms with Crippen LogP contribution in [-0.4, -0.2) is 24.7 Å². The number of hydrogen-bond acceptors (Lipinski definition) is 3. The molecule has 1 aliphatic rings.